The van der Waals surface area contributed by atoms with Crippen LogP contribution in [0.1, 0.15) is 12.0 Å². The predicted molar refractivity (Wildman–Crippen MR) is 73.8 cm³/mol. The Morgan fingerprint density at radius 3 is 2.16 bits per heavy atom. The van der Waals surface area contributed by atoms with E-state index in [9.17, 15) is 16.8 Å². The van der Waals surface area contributed by atoms with Crippen LogP contribution >= 0.6 is 0 Å². The lowest BCUT2D eigenvalue weighted by Crippen LogP contribution is -2.29. The van der Waals surface area contributed by atoms with Gasteiger partial charge in [0.2, 0.25) is 20.0 Å². The van der Waals surface area contributed by atoms with Crippen molar-refractivity contribution in [2.45, 2.75) is 18.2 Å². The van der Waals surface area contributed by atoms with Gasteiger partial charge in [0.15, 0.2) is 0 Å². The minimum absolute atomic E-state index is 0.180. The number of benzene rings is 1. The van der Waals surface area contributed by atoms with Crippen LogP contribution < -0.4 is 9.44 Å². The Labute approximate surface area is 114 Å². The lowest BCUT2D eigenvalue weighted by molar-refractivity contribution is 0.574. The van der Waals surface area contributed by atoms with Gasteiger partial charge in [-0.15, -0.1) is 0 Å². The topological polar surface area (TPSA) is 92.3 Å². The molecule has 0 fully saturated rings. The molecule has 19 heavy (non-hydrogen) atoms. The summed E-state index contributed by atoms with van der Waals surface area (Å²) in [7, 11) is -6.76. The first kappa shape index (κ1) is 16.1. The van der Waals surface area contributed by atoms with E-state index in [0.29, 0.717) is 12.0 Å². The third kappa shape index (κ3) is 5.68. The summed E-state index contributed by atoms with van der Waals surface area (Å²) in [5.41, 5.74) is 0.671. The zero-order valence-corrected chi connectivity index (χ0v) is 12.5. The molecule has 1 aromatic rings. The van der Waals surface area contributed by atoms with Gasteiger partial charge in [-0.3, -0.25) is 0 Å². The number of rotatable bonds is 7. The first-order valence-corrected chi connectivity index (χ1v) is 9.10. The molecule has 0 aliphatic rings. The van der Waals surface area contributed by atoms with Crippen LogP contribution in [-0.2, 0) is 20.0 Å². The van der Waals surface area contributed by atoms with Crippen molar-refractivity contribution in [3.8, 4) is 0 Å². The van der Waals surface area contributed by atoms with E-state index >= 15 is 0 Å². The highest BCUT2D eigenvalue weighted by molar-refractivity contribution is 7.89. The first-order chi connectivity index (χ1) is 8.72. The maximum Gasteiger partial charge on any atom is 0.240 e. The monoisotopic (exact) mass is 306 g/mol. The number of hydrogen-bond acceptors (Lipinski definition) is 4. The van der Waals surface area contributed by atoms with Crippen molar-refractivity contribution < 1.29 is 16.8 Å². The molecule has 0 unspecified atom stereocenters. The van der Waals surface area contributed by atoms with Crippen LogP contribution in [0.4, 0.5) is 0 Å². The van der Waals surface area contributed by atoms with Gasteiger partial charge in [-0.05, 0) is 25.0 Å². The van der Waals surface area contributed by atoms with Gasteiger partial charge in [0.1, 0.15) is 0 Å². The molecule has 0 aromatic heterocycles. The molecule has 6 nitrogen and oxygen atoms in total. The van der Waals surface area contributed by atoms with Gasteiger partial charge < -0.3 is 0 Å². The minimum Gasteiger partial charge on any atom is -0.215 e. The molecule has 2 N–H and O–H groups in total. The number of sulfonamides is 2. The molecule has 0 spiro atoms. The fraction of sp³-hybridized carbons (Fsp3) is 0.455. The summed E-state index contributed by atoms with van der Waals surface area (Å²) in [5, 5.41) is 0. The molecule has 0 aliphatic heterocycles. The molecule has 0 saturated heterocycles. The van der Waals surface area contributed by atoms with Gasteiger partial charge in [-0.1, -0.05) is 18.2 Å². The van der Waals surface area contributed by atoms with E-state index in [1.165, 1.54) is 6.07 Å². The number of aryl methyl sites for hydroxylation is 1. The zero-order chi connectivity index (χ0) is 14.5. The van der Waals surface area contributed by atoms with Crippen LogP contribution in [0, 0.1) is 6.92 Å². The van der Waals surface area contributed by atoms with E-state index in [4.69, 9.17) is 0 Å². The maximum absolute atomic E-state index is 12.0. The van der Waals surface area contributed by atoms with Crippen molar-refractivity contribution in [1.82, 2.24) is 9.44 Å². The third-order valence-corrected chi connectivity index (χ3v) is 4.74. The molecule has 0 amide bonds. The second-order valence-electron chi connectivity index (χ2n) is 4.18. The fourth-order valence-corrected chi connectivity index (χ4v) is 3.32. The highest BCUT2D eigenvalue weighted by Gasteiger charge is 2.15. The molecule has 8 heteroatoms. The van der Waals surface area contributed by atoms with E-state index in [0.717, 1.165) is 6.26 Å². The second kappa shape index (κ2) is 6.47. The van der Waals surface area contributed by atoms with Gasteiger partial charge in [-0.2, -0.15) is 0 Å². The van der Waals surface area contributed by atoms with Crippen molar-refractivity contribution in [1.29, 1.82) is 0 Å². The van der Waals surface area contributed by atoms with Crippen molar-refractivity contribution in [3.63, 3.8) is 0 Å². The molecule has 1 rings (SSSR count). The summed E-state index contributed by atoms with van der Waals surface area (Å²) < 4.78 is 50.3. The molecule has 0 heterocycles. The third-order valence-electron chi connectivity index (χ3n) is 2.39. The molecular formula is C11H18N2O4S2. The van der Waals surface area contributed by atoms with Gasteiger partial charge >= 0.3 is 0 Å². The van der Waals surface area contributed by atoms with E-state index in [1.807, 2.05) is 0 Å². The molecule has 0 radical (unpaired) electrons. The standard InChI is InChI=1S/C11H18N2O4S2/c1-10-6-3-4-7-11(10)19(16,17)13-9-5-8-12-18(2,14)15/h3-4,6-7,12-13H,5,8-9H2,1-2H3. The summed E-state index contributed by atoms with van der Waals surface area (Å²) >= 11 is 0. The predicted octanol–water partition coefficient (Wildman–Crippen LogP) is 0.213. The highest BCUT2D eigenvalue weighted by Crippen LogP contribution is 2.13. The molecular weight excluding hydrogens is 288 g/mol. The second-order valence-corrected chi connectivity index (χ2v) is 7.75. The van der Waals surface area contributed by atoms with Crippen molar-refractivity contribution in [2.24, 2.45) is 0 Å². The molecule has 108 valence electrons. The van der Waals surface area contributed by atoms with Gasteiger partial charge in [-0.25, -0.2) is 26.3 Å². The van der Waals surface area contributed by atoms with E-state index < -0.39 is 20.0 Å². The molecule has 0 atom stereocenters. The number of hydrogen-bond donors (Lipinski definition) is 2. The Kier molecular flexibility index (Phi) is 5.48. The van der Waals surface area contributed by atoms with E-state index in [1.54, 1.807) is 25.1 Å². The summed E-state index contributed by atoms with van der Waals surface area (Å²) in [4.78, 5) is 0.242. The van der Waals surface area contributed by atoms with E-state index in [-0.39, 0.29) is 18.0 Å². The summed E-state index contributed by atoms with van der Waals surface area (Å²) in [6, 6.07) is 6.68. The fourth-order valence-electron chi connectivity index (χ4n) is 1.49. The van der Waals surface area contributed by atoms with E-state index in [2.05, 4.69) is 9.44 Å². The number of nitrogens with one attached hydrogen (secondary N) is 2. The quantitative estimate of drug-likeness (QED) is 0.705. The summed E-state index contributed by atoms with van der Waals surface area (Å²) in [6.45, 7) is 2.11. The zero-order valence-electron chi connectivity index (χ0n) is 10.9. The normalized spacial score (nSPS) is 12.5. The highest BCUT2D eigenvalue weighted by atomic mass is 32.2. The van der Waals surface area contributed by atoms with Crippen LogP contribution in [0.3, 0.4) is 0 Å². The maximum atomic E-state index is 12.0. The smallest absolute Gasteiger partial charge is 0.215 e. The Balaban J connectivity index is 2.51. The van der Waals surface area contributed by atoms with Gasteiger partial charge in [0.25, 0.3) is 0 Å². The average molecular weight is 306 g/mol. The average Bonchev–Trinajstić information content (AvgIpc) is 2.27. The van der Waals surface area contributed by atoms with Crippen LogP contribution in [0.5, 0.6) is 0 Å². The molecule has 0 bridgehead atoms. The molecule has 0 aliphatic carbocycles. The molecule has 1 aromatic carbocycles. The lowest BCUT2D eigenvalue weighted by Gasteiger charge is -2.09. The summed E-state index contributed by atoms with van der Waals surface area (Å²) in [6.07, 6.45) is 1.45. The van der Waals surface area contributed by atoms with Crippen molar-refractivity contribution >= 4 is 20.0 Å². The van der Waals surface area contributed by atoms with Crippen LogP contribution in [0.25, 0.3) is 0 Å². The SMILES string of the molecule is Cc1ccccc1S(=O)(=O)NCCCNS(C)(=O)=O. The Morgan fingerprint density at radius 1 is 1.00 bits per heavy atom. The Hall–Kier alpha value is -0.960. The Morgan fingerprint density at radius 2 is 1.58 bits per heavy atom. The largest absolute Gasteiger partial charge is 0.240 e. The van der Waals surface area contributed by atoms with Crippen molar-refractivity contribution in [2.75, 3.05) is 19.3 Å². The summed E-state index contributed by atoms with van der Waals surface area (Å²) in [5.74, 6) is 0. The van der Waals surface area contributed by atoms with Crippen LogP contribution in [-0.4, -0.2) is 36.2 Å². The van der Waals surface area contributed by atoms with Crippen LogP contribution in [0.15, 0.2) is 29.2 Å². The lowest BCUT2D eigenvalue weighted by atomic mass is 10.2. The molecule has 0 saturated carbocycles. The minimum atomic E-state index is -3.53. The van der Waals surface area contributed by atoms with Gasteiger partial charge in [0, 0.05) is 13.1 Å². The first-order valence-electron chi connectivity index (χ1n) is 5.72. The van der Waals surface area contributed by atoms with Crippen molar-refractivity contribution in [3.05, 3.63) is 29.8 Å². The van der Waals surface area contributed by atoms with Crippen LogP contribution in [0.2, 0.25) is 0 Å². The Bertz CT molecular complexity index is 624. The van der Waals surface area contributed by atoms with Gasteiger partial charge in [0.05, 0.1) is 11.2 Å².